The van der Waals surface area contributed by atoms with Crippen molar-refractivity contribution in [2.24, 2.45) is 11.1 Å². The van der Waals surface area contributed by atoms with Crippen LogP contribution in [0, 0.1) is 12.3 Å². The Kier molecular flexibility index (Phi) is 3.79. The van der Waals surface area contributed by atoms with Gasteiger partial charge >= 0.3 is 0 Å². The van der Waals surface area contributed by atoms with Gasteiger partial charge in [0.1, 0.15) is 5.78 Å². The molecule has 1 fully saturated rings. The highest BCUT2D eigenvalue weighted by molar-refractivity contribution is 6.31. The van der Waals surface area contributed by atoms with E-state index < -0.39 is 0 Å². The van der Waals surface area contributed by atoms with Gasteiger partial charge in [-0.3, -0.25) is 4.79 Å². The molecule has 0 amide bonds. The lowest BCUT2D eigenvalue weighted by Gasteiger charge is -2.27. The van der Waals surface area contributed by atoms with Crippen LogP contribution < -0.4 is 5.73 Å². The molecule has 0 aromatic heterocycles. The molecule has 18 heavy (non-hydrogen) atoms. The van der Waals surface area contributed by atoms with Crippen molar-refractivity contribution in [3.05, 3.63) is 34.3 Å². The number of hydrogen-bond acceptors (Lipinski definition) is 2. The molecule has 2 unspecified atom stereocenters. The summed E-state index contributed by atoms with van der Waals surface area (Å²) in [5.41, 5.74) is 7.73. The number of hydrogen-bond donors (Lipinski definition) is 1. The fourth-order valence-electron chi connectivity index (χ4n) is 2.71. The molecule has 1 aromatic carbocycles. The number of halogens is 1. The van der Waals surface area contributed by atoms with Crippen LogP contribution in [0.5, 0.6) is 0 Å². The molecule has 0 spiro atoms. The highest BCUT2D eigenvalue weighted by Crippen LogP contribution is 2.38. The second-order valence-electron chi connectivity index (χ2n) is 5.61. The van der Waals surface area contributed by atoms with E-state index in [9.17, 15) is 4.79 Å². The summed E-state index contributed by atoms with van der Waals surface area (Å²) in [5, 5.41) is 0.679. The van der Waals surface area contributed by atoms with Crippen molar-refractivity contribution >= 4 is 17.4 Å². The first kappa shape index (κ1) is 13.6. The zero-order valence-corrected chi connectivity index (χ0v) is 11.8. The minimum absolute atomic E-state index is 0.00535. The van der Waals surface area contributed by atoms with Crippen molar-refractivity contribution in [1.29, 1.82) is 0 Å². The molecule has 1 aliphatic carbocycles. The van der Waals surface area contributed by atoms with Crippen molar-refractivity contribution in [2.45, 2.75) is 45.6 Å². The fraction of sp³-hybridized carbons (Fsp3) is 0.533. The maximum absolute atomic E-state index is 12.4. The zero-order valence-electron chi connectivity index (χ0n) is 11.0. The molecule has 2 N–H and O–H groups in total. The summed E-state index contributed by atoms with van der Waals surface area (Å²) in [7, 11) is 0. The molecule has 2 rings (SSSR count). The molecule has 1 aromatic rings. The van der Waals surface area contributed by atoms with Crippen LogP contribution in [0.4, 0.5) is 0 Å². The third-order valence-corrected chi connectivity index (χ3v) is 4.58. The maximum Gasteiger partial charge on any atom is 0.144 e. The van der Waals surface area contributed by atoms with Gasteiger partial charge in [0.2, 0.25) is 0 Å². The molecular weight excluding hydrogens is 246 g/mol. The Bertz CT molecular complexity index is 472. The molecular formula is C15H20ClNO. The number of benzene rings is 1. The van der Waals surface area contributed by atoms with Crippen LogP contribution in [-0.2, 0) is 11.2 Å². The largest absolute Gasteiger partial charge is 0.327 e. The normalized spacial score (nSPS) is 27.4. The molecule has 2 atom stereocenters. The summed E-state index contributed by atoms with van der Waals surface area (Å²) < 4.78 is 0. The summed E-state index contributed by atoms with van der Waals surface area (Å²) in [6, 6.07) is 5.83. The third kappa shape index (κ3) is 2.45. The predicted molar refractivity (Wildman–Crippen MR) is 74.8 cm³/mol. The van der Waals surface area contributed by atoms with E-state index in [2.05, 4.69) is 0 Å². The van der Waals surface area contributed by atoms with Crippen LogP contribution in [0.1, 0.15) is 37.3 Å². The Morgan fingerprint density at radius 2 is 2.28 bits per heavy atom. The maximum atomic E-state index is 12.4. The van der Waals surface area contributed by atoms with E-state index in [4.69, 9.17) is 17.3 Å². The molecule has 0 saturated heterocycles. The lowest BCUT2D eigenvalue weighted by molar-refractivity contribution is -0.127. The minimum Gasteiger partial charge on any atom is -0.327 e. The lowest BCUT2D eigenvalue weighted by Crippen LogP contribution is -2.41. The molecule has 0 radical (unpaired) electrons. The van der Waals surface area contributed by atoms with Gasteiger partial charge in [0, 0.05) is 22.9 Å². The summed E-state index contributed by atoms with van der Waals surface area (Å²) in [6.45, 7) is 3.99. The Morgan fingerprint density at radius 3 is 2.83 bits per heavy atom. The van der Waals surface area contributed by atoms with Crippen LogP contribution in [0.15, 0.2) is 18.2 Å². The Morgan fingerprint density at radius 1 is 1.56 bits per heavy atom. The smallest absolute Gasteiger partial charge is 0.144 e. The van der Waals surface area contributed by atoms with E-state index >= 15 is 0 Å². The summed E-state index contributed by atoms with van der Waals surface area (Å²) in [6.07, 6.45) is 3.29. The van der Waals surface area contributed by atoms with E-state index in [1.807, 2.05) is 32.0 Å². The van der Waals surface area contributed by atoms with Crippen LogP contribution in [0.25, 0.3) is 0 Å². The second-order valence-corrected chi connectivity index (χ2v) is 6.02. The van der Waals surface area contributed by atoms with Gasteiger partial charge in [0.05, 0.1) is 0 Å². The van der Waals surface area contributed by atoms with Gasteiger partial charge in [0.25, 0.3) is 0 Å². The van der Waals surface area contributed by atoms with E-state index in [1.165, 1.54) is 0 Å². The van der Waals surface area contributed by atoms with Gasteiger partial charge in [-0.25, -0.2) is 0 Å². The van der Waals surface area contributed by atoms with E-state index in [0.29, 0.717) is 11.4 Å². The number of nitrogens with two attached hydrogens (primary N) is 1. The van der Waals surface area contributed by atoms with Crippen molar-refractivity contribution < 1.29 is 4.79 Å². The second kappa shape index (κ2) is 5.02. The SMILES string of the molecule is Cc1ccc(CC(=O)C2(C)CCCC2N)c(Cl)c1. The fourth-order valence-corrected chi connectivity index (χ4v) is 3.01. The number of Topliss-reactive ketones (excluding diaryl/α,β-unsaturated/α-hetero) is 1. The van der Waals surface area contributed by atoms with Gasteiger partial charge < -0.3 is 5.73 Å². The van der Waals surface area contributed by atoms with E-state index in [0.717, 1.165) is 30.4 Å². The summed E-state index contributed by atoms with van der Waals surface area (Å²) in [5.74, 6) is 0.221. The number of carbonyl (C=O) groups excluding carboxylic acids is 1. The van der Waals surface area contributed by atoms with Crippen LogP contribution in [0.2, 0.25) is 5.02 Å². The zero-order chi connectivity index (χ0) is 13.3. The topological polar surface area (TPSA) is 43.1 Å². The predicted octanol–water partition coefficient (Wildman–Crippen LogP) is 3.28. The Labute approximate surface area is 114 Å². The first-order chi connectivity index (χ1) is 8.43. The lowest BCUT2D eigenvalue weighted by atomic mass is 9.78. The molecule has 3 heteroatoms. The van der Waals surface area contributed by atoms with Gasteiger partial charge in [-0.15, -0.1) is 0 Å². The molecule has 0 aliphatic heterocycles. The third-order valence-electron chi connectivity index (χ3n) is 4.23. The highest BCUT2D eigenvalue weighted by atomic mass is 35.5. The molecule has 1 saturated carbocycles. The first-order valence-corrected chi connectivity index (χ1v) is 6.85. The monoisotopic (exact) mass is 265 g/mol. The molecule has 0 heterocycles. The van der Waals surface area contributed by atoms with Gasteiger partial charge in [-0.2, -0.15) is 0 Å². The van der Waals surface area contributed by atoms with Crippen LogP contribution >= 0.6 is 11.6 Å². The average Bonchev–Trinajstić information content (AvgIpc) is 2.64. The molecule has 98 valence electrons. The Balaban J connectivity index is 2.16. The summed E-state index contributed by atoms with van der Waals surface area (Å²) in [4.78, 5) is 12.4. The molecule has 1 aliphatic rings. The molecule has 0 bridgehead atoms. The summed E-state index contributed by atoms with van der Waals surface area (Å²) >= 11 is 6.18. The van der Waals surface area contributed by atoms with Crippen molar-refractivity contribution in [2.75, 3.05) is 0 Å². The van der Waals surface area contributed by atoms with E-state index in [-0.39, 0.29) is 17.2 Å². The molecule has 2 nitrogen and oxygen atoms in total. The standard InChI is InChI=1S/C15H20ClNO/c1-10-5-6-11(12(16)8-10)9-14(18)15(2)7-3-4-13(15)17/h5-6,8,13H,3-4,7,9,17H2,1-2H3. The number of aryl methyl sites for hydroxylation is 1. The van der Waals surface area contributed by atoms with Gasteiger partial charge in [-0.05, 0) is 37.0 Å². The van der Waals surface area contributed by atoms with Crippen molar-refractivity contribution in [3.63, 3.8) is 0 Å². The number of rotatable bonds is 3. The average molecular weight is 266 g/mol. The van der Waals surface area contributed by atoms with Crippen LogP contribution in [0.3, 0.4) is 0 Å². The van der Waals surface area contributed by atoms with Crippen molar-refractivity contribution in [1.82, 2.24) is 0 Å². The van der Waals surface area contributed by atoms with Gasteiger partial charge in [0.15, 0.2) is 0 Å². The van der Waals surface area contributed by atoms with Crippen LogP contribution in [-0.4, -0.2) is 11.8 Å². The van der Waals surface area contributed by atoms with Gasteiger partial charge in [-0.1, -0.05) is 37.1 Å². The quantitative estimate of drug-likeness (QED) is 0.911. The first-order valence-electron chi connectivity index (χ1n) is 6.47. The minimum atomic E-state index is -0.367. The highest BCUT2D eigenvalue weighted by Gasteiger charge is 2.42. The van der Waals surface area contributed by atoms with Crippen molar-refractivity contribution in [3.8, 4) is 0 Å². The van der Waals surface area contributed by atoms with E-state index in [1.54, 1.807) is 0 Å². The Hall–Kier alpha value is -0.860. The number of carbonyl (C=O) groups is 1. The number of ketones is 1.